The number of benzene rings is 3. The summed E-state index contributed by atoms with van der Waals surface area (Å²) in [5, 5.41) is 3.69. The van der Waals surface area contributed by atoms with Crippen molar-refractivity contribution in [2.24, 2.45) is 0 Å². The van der Waals surface area contributed by atoms with Crippen LogP contribution in [0.5, 0.6) is 0 Å². The molecule has 0 heterocycles. The minimum absolute atomic E-state index is 0. The summed E-state index contributed by atoms with van der Waals surface area (Å²) >= 11 is 1.82. The van der Waals surface area contributed by atoms with Crippen LogP contribution in [-0.4, -0.2) is 15.0 Å². The third kappa shape index (κ3) is 10.3. The zero-order valence-corrected chi connectivity index (χ0v) is 27.8. The average molecular weight is 679 g/mol. The molecule has 4 rings (SSSR count). The van der Waals surface area contributed by atoms with Gasteiger partial charge < -0.3 is 17.5 Å². The quantitative estimate of drug-likeness (QED) is 0.118. The van der Waals surface area contributed by atoms with Gasteiger partial charge in [-0.1, -0.05) is 114 Å². The number of nitrogens with one attached hydrogen (secondary N) is 1. The van der Waals surface area contributed by atoms with Crippen molar-refractivity contribution in [2.45, 2.75) is 69.9 Å². The fourth-order valence-corrected chi connectivity index (χ4v) is 6.99. The van der Waals surface area contributed by atoms with E-state index in [2.05, 4.69) is 50.1 Å². The van der Waals surface area contributed by atoms with Crippen LogP contribution in [0.4, 0.5) is 0 Å². The molecule has 0 amide bonds. The van der Waals surface area contributed by atoms with Crippen LogP contribution in [0.2, 0.25) is 0 Å². The van der Waals surface area contributed by atoms with Crippen molar-refractivity contribution in [1.82, 2.24) is 5.32 Å². The number of aryl methyl sites for hydroxylation is 3. The molecule has 1 aliphatic rings. The molecule has 1 aliphatic carbocycles. The average Bonchev–Trinajstić information content (AvgIpc) is 2.96. The number of unbranched alkanes of at least 4 members (excludes halogenated alkanes) is 1. The Bertz CT molecular complexity index is 1350. The molecule has 41 heavy (non-hydrogen) atoms. The molecule has 0 radical (unpaired) electrons. The van der Waals surface area contributed by atoms with Gasteiger partial charge in [-0.15, -0.1) is 0 Å². The van der Waals surface area contributed by atoms with E-state index in [1.165, 1.54) is 5.57 Å². The second-order valence-corrected chi connectivity index (χ2v) is 11.8. The molecule has 0 aliphatic heterocycles. The van der Waals surface area contributed by atoms with E-state index >= 15 is 0 Å². The summed E-state index contributed by atoms with van der Waals surface area (Å²) in [6, 6.07) is 22.8. The van der Waals surface area contributed by atoms with Crippen molar-refractivity contribution >= 4 is 19.7 Å². The fraction of sp³-hybridized carbons (Fsp3) is 0.324. The summed E-state index contributed by atoms with van der Waals surface area (Å²) in [5.74, 6) is 0. The van der Waals surface area contributed by atoms with Gasteiger partial charge in [-0.2, -0.15) is 0 Å². The fourth-order valence-electron chi connectivity index (χ4n) is 5.41. The maximum absolute atomic E-state index is 13.8. The Hall–Kier alpha value is -2.08. The SMILES string of the molecule is Cc1cc(C)c(S(=O)(=O)[N-]C(c2ccccc2)C(NCCCCC2=CC=CCC2)c2ccccc2)c(C)c1.[CH3-].[Cl][Ru+3]. The first kappa shape index (κ1) is 35.1. The number of halogens is 1. The van der Waals surface area contributed by atoms with Gasteiger partial charge in [-0.3, -0.25) is 0 Å². The zero-order valence-electron chi connectivity index (χ0n) is 24.5. The van der Waals surface area contributed by atoms with Crippen molar-refractivity contribution < 1.29 is 25.7 Å². The van der Waals surface area contributed by atoms with Gasteiger partial charge in [0.05, 0.1) is 4.90 Å². The van der Waals surface area contributed by atoms with Crippen LogP contribution in [0.15, 0.2) is 101 Å². The third-order valence-corrected chi connectivity index (χ3v) is 8.78. The number of sulfonamides is 1. The molecular formula is C34H42ClN2O2RuS+. The number of hydrogen-bond acceptors (Lipinski definition) is 3. The second-order valence-electron chi connectivity index (χ2n) is 10.3. The molecule has 0 saturated heterocycles. The monoisotopic (exact) mass is 679 g/mol. The Morgan fingerprint density at radius 1 is 0.902 bits per heavy atom. The van der Waals surface area contributed by atoms with Crippen molar-refractivity contribution in [1.29, 1.82) is 0 Å². The zero-order chi connectivity index (χ0) is 29.0. The topological polar surface area (TPSA) is 60.3 Å². The molecule has 0 bridgehead atoms. The molecule has 2 atom stereocenters. The summed E-state index contributed by atoms with van der Waals surface area (Å²) < 4.78 is 32.3. The van der Waals surface area contributed by atoms with E-state index in [-0.39, 0.29) is 13.5 Å². The predicted octanol–water partition coefficient (Wildman–Crippen LogP) is 9.33. The van der Waals surface area contributed by atoms with E-state index in [0.717, 1.165) is 66.5 Å². The van der Waals surface area contributed by atoms with Gasteiger partial charge in [0.25, 0.3) is 0 Å². The number of allylic oxidation sites excluding steroid dienone is 4. The Labute approximate surface area is 262 Å². The van der Waals surface area contributed by atoms with E-state index in [1.807, 2.05) is 98.7 Å². The predicted molar refractivity (Wildman–Crippen MR) is 170 cm³/mol. The number of rotatable bonds is 12. The van der Waals surface area contributed by atoms with Crippen LogP contribution < -0.4 is 5.32 Å². The molecular weight excluding hydrogens is 637 g/mol. The molecule has 4 nitrogen and oxygen atoms in total. The van der Waals surface area contributed by atoms with E-state index in [1.54, 1.807) is 0 Å². The van der Waals surface area contributed by atoms with E-state index in [9.17, 15) is 8.42 Å². The molecule has 0 saturated carbocycles. The van der Waals surface area contributed by atoms with E-state index < -0.39 is 16.1 Å². The summed E-state index contributed by atoms with van der Waals surface area (Å²) in [6.07, 6.45) is 12.1. The molecule has 0 spiro atoms. The van der Waals surface area contributed by atoms with Gasteiger partial charge in [0, 0.05) is 6.04 Å². The Morgan fingerprint density at radius 2 is 1.49 bits per heavy atom. The first-order valence-electron chi connectivity index (χ1n) is 13.7. The van der Waals surface area contributed by atoms with E-state index in [4.69, 9.17) is 0 Å². The van der Waals surface area contributed by atoms with Crippen molar-refractivity contribution in [3.63, 3.8) is 0 Å². The van der Waals surface area contributed by atoms with Gasteiger partial charge in [-0.05, 0) is 76.1 Å². The van der Waals surface area contributed by atoms with Crippen LogP contribution >= 0.6 is 9.69 Å². The Kier molecular flexibility index (Phi) is 15.2. The van der Waals surface area contributed by atoms with Crippen LogP contribution in [0.1, 0.15) is 72.0 Å². The first-order chi connectivity index (χ1) is 19.3. The Balaban J connectivity index is 0.00000192. The standard InChI is InChI=1S/C33H39N2O2S.CH3.ClH.Ru/c1-25-23-26(2)33(27(3)24-25)38(36,37)35-32(30-20-11-6-12-21-30)31(29-18-9-5-10-19-29)34-22-14-13-17-28-15-7-4-8-16-28;;;/h4-7,9-12,15,18-21,23-24,31-32,34H,8,13-14,16-17,22H2,1-3H3;1H3;1H;/q2*-1;;+4/p-1. The number of hydrogen-bond donors (Lipinski definition) is 1. The third-order valence-electron chi connectivity index (χ3n) is 7.12. The summed E-state index contributed by atoms with van der Waals surface area (Å²) in [4.78, 5) is 0.311. The van der Waals surface area contributed by atoms with Gasteiger partial charge >= 0.3 is 27.0 Å². The van der Waals surface area contributed by atoms with Crippen LogP contribution in [-0.2, 0) is 27.3 Å². The van der Waals surface area contributed by atoms with Crippen molar-refractivity contribution in [2.75, 3.05) is 6.54 Å². The van der Waals surface area contributed by atoms with Gasteiger partial charge in [-0.25, -0.2) is 8.42 Å². The second kappa shape index (κ2) is 17.8. The molecule has 3 aromatic rings. The minimum atomic E-state index is -3.92. The van der Waals surface area contributed by atoms with Crippen LogP contribution in [0.25, 0.3) is 4.72 Å². The van der Waals surface area contributed by atoms with Crippen LogP contribution in [0.3, 0.4) is 0 Å². The maximum atomic E-state index is 13.8. The van der Waals surface area contributed by atoms with Gasteiger partial charge in [0.2, 0.25) is 0 Å². The summed E-state index contributed by atoms with van der Waals surface area (Å²) in [7, 11) is 0.651. The molecule has 3 aromatic carbocycles. The molecule has 2 unspecified atom stereocenters. The van der Waals surface area contributed by atoms with Crippen molar-refractivity contribution in [3.8, 4) is 0 Å². The number of nitrogens with zero attached hydrogens (tertiary/aromatic N) is 1. The summed E-state index contributed by atoms with van der Waals surface area (Å²) in [6.45, 7) is 6.47. The molecule has 0 fully saturated rings. The van der Waals surface area contributed by atoms with Crippen LogP contribution in [0, 0.1) is 28.2 Å². The first-order valence-corrected chi connectivity index (χ1v) is 17.4. The van der Waals surface area contributed by atoms with E-state index in [0.29, 0.717) is 4.90 Å². The van der Waals surface area contributed by atoms with Gasteiger partial charge in [0.1, 0.15) is 10.0 Å². The molecule has 1 N–H and O–H groups in total. The molecule has 220 valence electrons. The van der Waals surface area contributed by atoms with Gasteiger partial charge in [0.15, 0.2) is 0 Å². The summed E-state index contributed by atoms with van der Waals surface area (Å²) in [5.41, 5.74) is 5.92. The van der Waals surface area contributed by atoms with Crippen molar-refractivity contribution in [3.05, 3.63) is 137 Å². The normalized spacial score (nSPS) is 14.2. The molecule has 0 aromatic heterocycles. The Morgan fingerprint density at radius 3 is 2.05 bits per heavy atom. The molecule has 7 heteroatoms.